The minimum absolute atomic E-state index is 0.0859. The van der Waals surface area contributed by atoms with Crippen LogP contribution in [0.2, 0.25) is 0 Å². The van der Waals surface area contributed by atoms with Crippen molar-refractivity contribution >= 4 is 11.6 Å². The molecular weight excluding hydrogens is 364 g/mol. The van der Waals surface area contributed by atoms with Gasteiger partial charge in [0.25, 0.3) is 5.91 Å². The molecule has 29 heavy (non-hydrogen) atoms. The van der Waals surface area contributed by atoms with Crippen LogP contribution in [-0.2, 0) is 9.53 Å². The lowest BCUT2D eigenvalue weighted by Crippen LogP contribution is -2.42. The third kappa shape index (κ3) is 7.98. The van der Waals surface area contributed by atoms with Crippen LogP contribution in [0.5, 0.6) is 5.75 Å². The van der Waals surface area contributed by atoms with Crippen LogP contribution >= 0.6 is 0 Å². The maximum atomic E-state index is 12.7. The lowest BCUT2D eigenvalue weighted by Gasteiger charge is -2.30. The number of hydrogen-bond donors (Lipinski definition) is 1. The van der Waals surface area contributed by atoms with E-state index < -0.39 is 5.60 Å². The maximum absolute atomic E-state index is 12.7. The van der Waals surface area contributed by atoms with Crippen molar-refractivity contribution in [2.45, 2.75) is 71.8 Å². The molecule has 1 N–H and O–H groups in total. The number of piperidine rings is 1. The number of carbonyl (C=O) groups is 1. The average molecular weight is 405 g/mol. The number of nitrogens with one attached hydrogen (secondary N) is 1. The molecule has 0 unspecified atom stereocenters. The highest BCUT2D eigenvalue weighted by Gasteiger charge is 2.33. The smallest absolute Gasteiger partial charge is 0.256 e. The minimum Gasteiger partial charge on any atom is -0.494 e. The first-order valence-electron chi connectivity index (χ1n) is 11.4. The Kier molecular flexibility index (Phi) is 9.95. The maximum Gasteiger partial charge on any atom is 0.256 e. The summed E-state index contributed by atoms with van der Waals surface area (Å²) < 4.78 is 11.6. The van der Waals surface area contributed by atoms with Crippen molar-refractivity contribution < 1.29 is 14.3 Å². The van der Waals surface area contributed by atoms with Gasteiger partial charge in [0.15, 0.2) is 0 Å². The predicted octanol–water partition coefficient (Wildman–Crippen LogP) is 5.11. The number of nitrogens with zero attached hydrogens (tertiary/aromatic N) is 1. The van der Waals surface area contributed by atoms with Crippen molar-refractivity contribution in [1.29, 1.82) is 0 Å². The molecule has 0 bridgehead atoms. The van der Waals surface area contributed by atoms with Crippen LogP contribution in [0.4, 0.5) is 5.69 Å². The summed E-state index contributed by atoms with van der Waals surface area (Å²) >= 11 is 0. The summed E-state index contributed by atoms with van der Waals surface area (Å²) in [4.78, 5) is 15.3. The van der Waals surface area contributed by atoms with Gasteiger partial charge in [0.1, 0.15) is 11.4 Å². The Hall–Kier alpha value is -1.59. The molecule has 1 aliphatic rings. The number of benzene rings is 1. The second-order valence-corrected chi connectivity index (χ2v) is 8.50. The first kappa shape index (κ1) is 23.7. The summed E-state index contributed by atoms with van der Waals surface area (Å²) in [6.07, 6.45) is 6.44. The Morgan fingerprint density at radius 3 is 2.66 bits per heavy atom. The van der Waals surface area contributed by atoms with Crippen LogP contribution < -0.4 is 10.1 Å². The van der Waals surface area contributed by atoms with Gasteiger partial charge in [-0.1, -0.05) is 26.7 Å². The molecule has 5 nitrogen and oxygen atoms in total. The molecule has 1 aromatic carbocycles. The van der Waals surface area contributed by atoms with Crippen LogP contribution in [0.15, 0.2) is 24.3 Å². The zero-order valence-electron chi connectivity index (χ0n) is 18.8. The van der Waals surface area contributed by atoms with E-state index in [-0.39, 0.29) is 5.91 Å². The number of rotatable bonds is 12. The van der Waals surface area contributed by atoms with E-state index in [1.807, 2.05) is 38.1 Å². The Morgan fingerprint density at radius 2 is 2.00 bits per heavy atom. The van der Waals surface area contributed by atoms with Crippen LogP contribution in [-0.4, -0.2) is 49.3 Å². The van der Waals surface area contributed by atoms with E-state index in [2.05, 4.69) is 24.1 Å². The molecule has 0 saturated carbocycles. The van der Waals surface area contributed by atoms with Crippen LogP contribution in [0.25, 0.3) is 0 Å². The molecule has 164 valence electrons. The van der Waals surface area contributed by atoms with Gasteiger partial charge in [-0.2, -0.15) is 0 Å². The lowest BCUT2D eigenvalue weighted by molar-refractivity contribution is -0.139. The second kappa shape index (κ2) is 12.2. The van der Waals surface area contributed by atoms with E-state index in [9.17, 15) is 4.79 Å². The van der Waals surface area contributed by atoms with Gasteiger partial charge >= 0.3 is 0 Å². The molecule has 2 atom stereocenters. The van der Waals surface area contributed by atoms with Crippen molar-refractivity contribution in [3.63, 3.8) is 0 Å². The Bertz CT molecular complexity index is 605. The largest absolute Gasteiger partial charge is 0.494 e. The molecule has 0 radical (unpaired) electrons. The number of likely N-dealkylation sites (tertiary alicyclic amines) is 1. The number of amides is 1. The molecule has 1 amide bonds. The summed E-state index contributed by atoms with van der Waals surface area (Å²) in [6.45, 7) is 13.0. The molecule has 0 spiro atoms. The number of unbranched alkanes of at least 4 members (excludes halogenated alkanes) is 1. The third-order valence-electron chi connectivity index (χ3n) is 5.69. The number of ether oxygens (including phenoxy) is 2. The molecule has 1 aromatic rings. The van der Waals surface area contributed by atoms with Gasteiger partial charge in [-0.3, -0.25) is 4.79 Å². The zero-order chi connectivity index (χ0) is 21.1. The van der Waals surface area contributed by atoms with Crippen molar-refractivity contribution in [2.75, 3.05) is 38.2 Å². The summed E-state index contributed by atoms with van der Waals surface area (Å²) in [5.41, 5.74) is -0.0154. The number of anilines is 1. The molecular formula is C24H40N2O3. The third-order valence-corrected chi connectivity index (χ3v) is 5.69. The van der Waals surface area contributed by atoms with E-state index in [0.717, 1.165) is 56.2 Å². The van der Waals surface area contributed by atoms with Crippen LogP contribution in [0, 0.1) is 5.92 Å². The van der Waals surface area contributed by atoms with Gasteiger partial charge in [-0.05, 0) is 76.3 Å². The van der Waals surface area contributed by atoms with Gasteiger partial charge in [0.05, 0.1) is 6.61 Å². The van der Waals surface area contributed by atoms with Crippen molar-refractivity contribution in [3.8, 4) is 5.75 Å². The van der Waals surface area contributed by atoms with E-state index >= 15 is 0 Å². The molecule has 1 aliphatic heterocycles. The Balaban J connectivity index is 1.76. The Labute approximate surface area is 177 Å². The van der Waals surface area contributed by atoms with E-state index in [1.54, 1.807) is 0 Å². The molecule has 1 fully saturated rings. The molecule has 0 aromatic heterocycles. The average Bonchev–Trinajstić information content (AvgIpc) is 2.71. The van der Waals surface area contributed by atoms with Gasteiger partial charge < -0.3 is 19.7 Å². The normalized spacial score (nSPS) is 19.5. The molecule has 0 aliphatic carbocycles. The predicted molar refractivity (Wildman–Crippen MR) is 120 cm³/mol. The monoisotopic (exact) mass is 404 g/mol. The fourth-order valence-corrected chi connectivity index (χ4v) is 3.95. The molecule has 1 saturated heterocycles. The van der Waals surface area contributed by atoms with Crippen molar-refractivity contribution in [1.82, 2.24) is 4.90 Å². The molecule has 2 rings (SSSR count). The van der Waals surface area contributed by atoms with Gasteiger partial charge in [0, 0.05) is 25.4 Å². The fraction of sp³-hybridized carbons (Fsp3) is 0.708. The highest BCUT2D eigenvalue weighted by molar-refractivity contribution is 5.97. The standard InChI is InChI=1S/C24H40N2O3/c1-5-7-15-24(4,29-6-2)23(27)25-21-11-13-22(14-12-21)28-18-9-17-26-16-8-10-20(3)19-26/h11-14,20H,5-10,15-19H2,1-4H3,(H,25,27)/t20-,24-/m1/s1. The zero-order valence-corrected chi connectivity index (χ0v) is 18.8. The van der Waals surface area contributed by atoms with Crippen LogP contribution in [0.3, 0.4) is 0 Å². The highest BCUT2D eigenvalue weighted by atomic mass is 16.5. The lowest BCUT2D eigenvalue weighted by atomic mass is 9.97. The fourth-order valence-electron chi connectivity index (χ4n) is 3.95. The Morgan fingerprint density at radius 1 is 1.24 bits per heavy atom. The molecule has 5 heteroatoms. The van der Waals surface area contributed by atoms with Gasteiger partial charge in [-0.15, -0.1) is 0 Å². The number of hydrogen-bond acceptors (Lipinski definition) is 4. The topological polar surface area (TPSA) is 50.8 Å². The van der Waals surface area contributed by atoms with Crippen molar-refractivity contribution in [2.24, 2.45) is 5.92 Å². The van der Waals surface area contributed by atoms with E-state index in [1.165, 1.54) is 25.9 Å². The number of carbonyl (C=O) groups excluding carboxylic acids is 1. The first-order chi connectivity index (χ1) is 14.0. The summed E-state index contributed by atoms with van der Waals surface area (Å²) in [5, 5.41) is 2.99. The van der Waals surface area contributed by atoms with Crippen LogP contribution in [0.1, 0.15) is 66.2 Å². The minimum atomic E-state index is -0.786. The van der Waals surface area contributed by atoms with Gasteiger partial charge in [0.2, 0.25) is 0 Å². The van der Waals surface area contributed by atoms with Gasteiger partial charge in [-0.25, -0.2) is 0 Å². The SMILES string of the molecule is CCCC[C@@](C)(OCC)C(=O)Nc1ccc(OCCCN2CCC[C@@H](C)C2)cc1. The highest BCUT2D eigenvalue weighted by Crippen LogP contribution is 2.23. The van der Waals surface area contributed by atoms with E-state index in [0.29, 0.717) is 6.61 Å². The summed E-state index contributed by atoms with van der Waals surface area (Å²) in [7, 11) is 0. The summed E-state index contributed by atoms with van der Waals surface area (Å²) in [6, 6.07) is 7.63. The van der Waals surface area contributed by atoms with Crippen molar-refractivity contribution in [3.05, 3.63) is 24.3 Å². The quantitative estimate of drug-likeness (QED) is 0.492. The van der Waals surface area contributed by atoms with E-state index in [4.69, 9.17) is 9.47 Å². The summed E-state index contributed by atoms with van der Waals surface area (Å²) in [5.74, 6) is 1.57. The molecule has 1 heterocycles. The first-order valence-corrected chi connectivity index (χ1v) is 11.4. The second-order valence-electron chi connectivity index (χ2n) is 8.50.